The molecule has 0 saturated carbocycles. The van der Waals surface area contributed by atoms with Gasteiger partial charge in [0.1, 0.15) is 19.0 Å². The highest BCUT2D eigenvalue weighted by Gasteiger charge is 2.14. The summed E-state index contributed by atoms with van der Waals surface area (Å²) in [5.74, 6) is 0.437. The Balaban J connectivity index is 1.61. The zero-order chi connectivity index (χ0) is 17.6. The fourth-order valence-corrected chi connectivity index (χ4v) is 2.99. The lowest BCUT2D eigenvalue weighted by atomic mass is 10.1. The summed E-state index contributed by atoms with van der Waals surface area (Å²) in [5.41, 5.74) is 2.92. The highest BCUT2D eigenvalue weighted by Crippen LogP contribution is 2.16. The molecule has 0 unspecified atom stereocenters. The summed E-state index contributed by atoms with van der Waals surface area (Å²) in [6, 6.07) is 17.9. The van der Waals surface area contributed by atoms with Gasteiger partial charge in [-0.1, -0.05) is 42.5 Å². The van der Waals surface area contributed by atoms with E-state index in [2.05, 4.69) is 22.4 Å². The minimum atomic E-state index is -0.189. The van der Waals surface area contributed by atoms with Gasteiger partial charge in [0.05, 0.1) is 11.0 Å². The van der Waals surface area contributed by atoms with Gasteiger partial charge in [0.25, 0.3) is 0 Å². The Kier molecular flexibility index (Phi) is 5.46. The van der Waals surface area contributed by atoms with Crippen LogP contribution >= 0.6 is 0 Å². The lowest BCUT2D eigenvalue weighted by molar-refractivity contribution is -0.122. The number of hydrogen-bond donors (Lipinski definition) is 2. The average Bonchev–Trinajstić information content (AvgIpc) is 2.98. The van der Waals surface area contributed by atoms with Gasteiger partial charge in [-0.2, -0.15) is 0 Å². The second kappa shape index (κ2) is 7.94. The number of rotatable bonds is 7. The number of aliphatic hydroxyl groups is 1. The number of para-hydroxylation sites is 2. The zero-order valence-corrected chi connectivity index (χ0v) is 14.4. The van der Waals surface area contributed by atoms with Crippen LogP contribution in [0.4, 0.5) is 0 Å². The lowest BCUT2D eigenvalue weighted by Crippen LogP contribution is -2.35. The zero-order valence-electron chi connectivity index (χ0n) is 14.4. The molecule has 2 aromatic carbocycles. The maximum absolute atomic E-state index is 12.4. The van der Waals surface area contributed by atoms with Crippen molar-refractivity contribution in [2.75, 3.05) is 0 Å². The van der Waals surface area contributed by atoms with Gasteiger partial charge in [0, 0.05) is 6.04 Å². The number of amides is 1. The van der Waals surface area contributed by atoms with E-state index in [0.717, 1.165) is 23.9 Å². The van der Waals surface area contributed by atoms with Crippen molar-refractivity contribution in [3.8, 4) is 0 Å². The van der Waals surface area contributed by atoms with E-state index in [-0.39, 0.29) is 25.1 Å². The minimum absolute atomic E-state index is 0.0709. The molecule has 5 heteroatoms. The van der Waals surface area contributed by atoms with E-state index < -0.39 is 0 Å². The minimum Gasteiger partial charge on any atom is -0.388 e. The number of aromatic nitrogens is 2. The molecule has 0 spiro atoms. The fourth-order valence-electron chi connectivity index (χ4n) is 2.99. The van der Waals surface area contributed by atoms with Crippen LogP contribution in [0.5, 0.6) is 0 Å². The van der Waals surface area contributed by atoms with Gasteiger partial charge < -0.3 is 15.0 Å². The smallest absolute Gasteiger partial charge is 0.240 e. The summed E-state index contributed by atoms with van der Waals surface area (Å²) in [6.07, 6.45) is 1.81. The van der Waals surface area contributed by atoms with Crippen LogP contribution in [0.3, 0.4) is 0 Å². The number of hydrogen-bond acceptors (Lipinski definition) is 3. The third-order valence-electron chi connectivity index (χ3n) is 4.29. The molecule has 0 saturated heterocycles. The van der Waals surface area contributed by atoms with Gasteiger partial charge in [-0.25, -0.2) is 4.98 Å². The number of imidazole rings is 1. The highest BCUT2D eigenvalue weighted by atomic mass is 16.3. The van der Waals surface area contributed by atoms with Gasteiger partial charge in [0.15, 0.2) is 0 Å². The first-order valence-electron chi connectivity index (χ1n) is 8.55. The van der Waals surface area contributed by atoms with Crippen LogP contribution in [0, 0.1) is 0 Å². The molecule has 3 rings (SSSR count). The molecule has 3 aromatic rings. The standard InChI is InChI=1S/C20H23N3O2/c1-15(11-12-16-7-3-2-4-8-16)21-20(25)13-23-18-10-6-5-9-17(18)22-19(23)14-24/h2-10,15,24H,11-14H2,1H3,(H,21,25)/t15-/m1/s1. The van der Waals surface area contributed by atoms with Crippen LogP contribution in [0.15, 0.2) is 54.6 Å². The lowest BCUT2D eigenvalue weighted by Gasteiger charge is -2.15. The average molecular weight is 337 g/mol. The molecular formula is C20H23N3O2. The van der Waals surface area contributed by atoms with Crippen molar-refractivity contribution in [1.29, 1.82) is 0 Å². The predicted molar refractivity (Wildman–Crippen MR) is 98.0 cm³/mol. The van der Waals surface area contributed by atoms with E-state index in [1.165, 1.54) is 5.56 Å². The fraction of sp³-hybridized carbons (Fsp3) is 0.300. The molecule has 5 nitrogen and oxygen atoms in total. The van der Waals surface area contributed by atoms with Gasteiger partial charge in [-0.3, -0.25) is 4.79 Å². The number of nitrogens with one attached hydrogen (secondary N) is 1. The molecule has 2 N–H and O–H groups in total. The molecule has 130 valence electrons. The second-order valence-electron chi connectivity index (χ2n) is 6.25. The van der Waals surface area contributed by atoms with Gasteiger partial charge in [-0.05, 0) is 37.5 Å². The van der Waals surface area contributed by atoms with E-state index in [4.69, 9.17) is 0 Å². The van der Waals surface area contributed by atoms with E-state index >= 15 is 0 Å². The molecular weight excluding hydrogens is 314 g/mol. The van der Waals surface area contributed by atoms with Gasteiger partial charge >= 0.3 is 0 Å². The highest BCUT2D eigenvalue weighted by molar-refractivity contribution is 5.81. The summed E-state index contributed by atoms with van der Waals surface area (Å²) < 4.78 is 1.77. The summed E-state index contributed by atoms with van der Waals surface area (Å²) in [7, 11) is 0. The molecule has 1 amide bonds. The largest absolute Gasteiger partial charge is 0.388 e. The van der Waals surface area contributed by atoms with Crippen LogP contribution in [-0.2, 0) is 24.4 Å². The maximum Gasteiger partial charge on any atom is 0.240 e. The molecule has 0 aliphatic carbocycles. The predicted octanol–water partition coefficient (Wildman–Crippen LogP) is 2.67. The van der Waals surface area contributed by atoms with Crippen LogP contribution < -0.4 is 5.32 Å². The molecule has 0 aliphatic heterocycles. The first kappa shape index (κ1) is 17.2. The van der Waals surface area contributed by atoms with Crippen molar-refractivity contribution >= 4 is 16.9 Å². The Bertz CT molecular complexity index is 843. The van der Waals surface area contributed by atoms with Crippen molar-refractivity contribution in [2.45, 2.75) is 39.0 Å². The van der Waals surface area contributed by atoms with Crippen LogP contribution in [0.25, 0.3) is 11.0 Å². The number of carbonyl (C=O) groups excluding carboxylic acids is 1. The van der Waals surface area contributed by atoms with Crippen molar-refractivity contribution in [3.05, 3.63) is 66.0 Å². The van der Waals surface area contributed by atoms with E-state index in [1.807, 2.05) is 49.4 Å². The molecule has 1 atom stereocenters. The Labute approximate surface area is 147 Å². The Hall–Kier alpha value is -2.66. The Morgan fingerprint density at radius 3 is 2.64 bits per heavy atom. The summed E-state index contributed by atoms with van der Waals surface area (Å²) in [5, 5.41) is 12.5. The third kappa shape index (κ3) is 4.25. The summed E-state index contributed by atoms with van der Waals surface area (Å²) in [6.45, 7) is 1.98. The van der Waals surface area contributed by atoms with Crippen molar-refractivity contribution < 1.29 is 9.90 Å². The van der Waals surface area contributed by atoms with Crippen LogP contribution in [0.2, 0.25) is 0 Å². The molecule has 0 aliphatic rings. The summed E-state index contributed by atoms with van der Waals surface area (Å²) >= 11 is 0. The quantitative estimate of drug-likeness (QED) is 0.696. The molecule has 0 fully saturated rings. The van der Waals surface area contributed by atoms with E-state index in [0.29, 0.717) is 5.82 Å². The van der Waals surface area contributed by atoms with Gasteiger partial charge in [-0.15, -0.1) is 0 Å². The molecule has 1 aromatic heterocycles. The number of nitrogens with zero attached hydrogens (tertiary/aromatic N) is 2. The summed E-state index contributed by atoms with van der Waals surface area (Å²) in [4.78, 5) is 16.8. The number of aliphatic hydroxyl groups excluding tert-OH is 1. The van der Waals surface area contributed by atoms with Gasteiger partial charge in [0.2, 0.25) is 5.91 Å². The first-order chi connectivity index (χ1) is 12.2. The number of fused-ring (bicyclic) bond motifs is 1. The molecule has 0 bridgehead atoms. The van der Waals surface area contributed by atoms with Crippen LogP contribution in [-0.4, -0.2) is 26.6 Å². The number of aryl methyl sites for hydroxylation is 1. The Morgan fingerprint density at radius 1 is 1.16 bits per heavy atom. The maximum atomic E-state index is 12.4. The van der Waals surface area contributed by atoms with Crippen molar-refractivity contribution in [3.63, 3.8) is 0 Å². The monoisotopic (exact) mass is 337 g/mol. The topological polar surface area (TPSA) is 67.2 Å². The Morgan fingerprint density at radius 2 is 1.88 bits per heavy atom. The van der Waals surface area contributed by atoms with E-state index in [9.17, 15) is 9.90 Å². The van der Waals surface area contributed by atoms with Crippen molar-refractivity contribution in [2.24, 2.45) is 0 Å². The molecule has 1 heterocycles. The molecule has 25 heavy (non-hydrogen) atoms. The SMILES string of the molecule is C[C@H](CCc1ccccc1)NC(=O)Cn1c(CO)nc2ccccc21. The molecule has 0 radical (unpaired) electrons. The normalized spacial score (nSPS) is 12.2. The third-order valence-corrected chi connectivity index (χ3v) is 4.29. The number of benzene rings is 2. The van der Waals surface area contributed by atoms with Crippen molar-refractivity contribution in [1.82, 2.24) is 14.9 Å². The first-order valence-corrected chi connectivity index (χ1v) is 8.55. The van der Waals surface area contributed by atoms with Crippen LogP contribution in [0.1, 0.15) is 24.7 Å². The second-order valence-corrected chi connectivity index (χ2v) is 6.25. The number of carbonyl (C=O) groups is 1. The van der Waals surface area contributed by atoms with E-state index in [1.54, 1.807) is 4.57 Å².